The summed E-state index contributed by atoms with van der Waals surface area (Å²) in [6.07, 6.45) is 2.03. The quantitative estimate of drug-likeness (QED) is 0.360. The first-order valence-electron chi connectivity index (χ1n) is 6.94. The Bertz CT molecular complexity index is 667. The second kappa shape index (κ2) is 7.22. The molecule has 0 N–H and O–H groups in total. The van der Waals surface area contributed by atoms with Gasteiger partial charge in [-0.15, -0.1) is 0 Å². The molecule has 2 rings (SSSR count). The first-order valence-corrected chi connectivity index (χ1v) is 9.10. The zero-order valence-corrected chi connectivity index (χ0v) is 17.1. The minimum atomic E-state index is 0.175. The lowest BCUT2D eigenvalue weighted by Gasteiger charge is -2.11. The van der Waals surface area contributed by atoms with Gasteiger partial charge in [0.1, 0.15) is 0 Å². The van der Waals surface area contributed by atoms with E-state index in [4.69, 9.17) is 4.99 Å². The van der Waals surface area contributed by atoms with Crippen LogP contribution in [0.2, 0.25) is 0 Å². The van der Waals surface area contributed by atoms with E-state index in [-0.39, 0.29) is 6.04 Å². The molecule has 0 aliphatic carbocycles. The van der Waals surface area contributed by atoms with Crippen LogP contribution in [0.1, 0.15) is 40.8 Å². The summed E-state index contributed by atoms with van der Waals surface area (Å²) >= 11 is 4.74. The third-order valence-corrected chi connectivity index (χ3v) is 5.18. The summed E-state index contributed by atoms with van der Waals surface area (Å²) in [4.78, 5) is 4.77. The molecular formula is C18H19I2N. The van der Waals surface area contributed by atoms with E-state index < -0.39 is 0 Å². The number of hydrogen-bond acceptors (Lipinski definition) is 1. The number of aliphatic imine (C=N–C) groups is 1. The van der Waals surface area contributed by atoms with Crippen molar-refractivity contribution in [2.45, 2.75) is 33.7 Å². The van der Waals surface area contributed by atoms with Gasteiger partial charge in [-0.05, 0) is 107 Å². The molecule has 1 atom stereocenters. The zero-order valence-electron chi connectivity index (χ0n) is 12.7. The van der Waals surface area contributed by atoms with Crippen LogP contribution in [0.15, 0.2) is 35.3 Å². The molecule has 0 amide bonds. The molecule has 0 aromatic heterocycles. The standard InChI is InChI=1S/C18H19I2N/c1-11-7-12(2)17(13(3)8-11)10-21-14(4)16-6-5-15(19)9-18(16)20/h5-10,14H,1-4H3/b21-10-. The van der Waals surface area contributed by atoms with Crippen molar-refractivity contribution in [3.63, 3.8) is 0 Å². The van der Waals surface area contributed by atoms with Gasteiger partial charge < -0.3 is 0 Å². The van der Waals surface area contributed by atoms with Crippen LogP contribution < -0.4 is 0 Å². The van der Waals surface area contributed by atoms with E-state index in [1.165, 1.54) is 35.0 Å². The van der Waals surface area contributed by atoms with Gasteiger partial charge in [0.2, 0.25) is 0 Å². The third-order valence-electron chi connectivity index (χ3n) is 3.58. The predicted octanol–water partition coefficient (Wildman–Crippen LogP) is 6.00. The minimum Gasteiger partial charge on any atom is -0.285 e. The Morgan fingerprint density at radius 3 is 2.19 bits per heavy atom. The Balaban J connectivity index is 2.29. The van der Waals surface area contributed by atoms with E-state index in [0.717, 1.165) is 0 Å². The molecule has 0 saturated carbocycles. The van der Waals surface area contributed by atoms with Crippen LogP contribution in [0.4, 0.5) is 0 Å². The van der Waals surface area contributed by atoms with Crippen molar-refractivity contribution in [2.75, 3.05) is 0 Å². The maximum Gasteiger partial charge on any atom is 0.0731 e. The highest BCUT2D eigenvalue weighted by Gasteiger charge is 2.08. The van der Waals surface area contributed by atoms with E-state index in [0.29, 0.717) is 0 Å². The Labute approximate surface area is 154 Å². The van der Waals surface area contributed by atoms with Gasteiger partial charge in [0, 0.05) is 13.4 Å². The summed E-state index contributed by atoms with van der Waals surface area (Å²) in [7, 11) is 0. The molecule has 0 saturated heterocycles. The smallest absolute Gasteiger partial charge is 0.0731 e. The molecule has 21 heavy (non-hydrogen) atoms. The maximum absolute atomic E-state index is 4.77. The van der Waals surface area contributed by atoms with Crippen LogP contribution in [-0.2, 0) is 0 Å². The molecule has 1 unspecified atom stereocenters. The predicted molar refractivity (Wildman–Crippen MR) is 109 cm³/mol. The molecule has 0 aliphatic rings. The lowest BCUT2D eigenvalue weighted by atomic mass is 10.0. The topological polar surface area (TPSA) is 12.4 Å². The second-order valence-corrected chi connectivity index (χ2v) is 7.84. The van der Waals surface area contributed by atoms with E-state index in [2.05, 4.69) is 103 Å². The molecule has 2 aromatic carbocycles. The van der Waals surface area contributed by atoms with Gasteiger partial charge in [-0.1, -0.05) is 23.8 Å². The molecule has 0 bridgehead atoms. The largest absolute Gasteiger partial charge is 0.285 e. The first kappa shape index (κ1) is 16.9. The number of rotatable bonds is 3. The number of benzene rings is 2. The van der Waals surface area contributed by atoms with Crippen LogP contribution in [-0.4, -0.2) is 6.21 Å². The normalized spacial score (nSPS) is 12.9. The highest BCUT2D eigenvalue weighted by molar-refractivity contribution is 14.1. The summed E-state index contributed by atoms with van der Waals surface area (Å²) in [5.41, 5.74) is 6.42. The van der Waals surface area contributed by atoms with Gasteiger partial charge >= 0.3 is 0 Å². The number of aryl methyl sites for hydroxylation is 3. The third kappa shape index (κ3) is 4.28. The zero-order chi connectivity index (χ0) is 15.6. The summed E-state index contributed by atoms with van der Waals surface area (Å²) in [5.74, 6) is 0. The Morgan fingerprint density at radius 2 is 1.62 bits per heavy atom. The van der Waals surface area contributed by atoms with Gasteiger partial charge in [0.05, 0.1) is 6.04 Å². The highest BCUT2D eigenvalue weighted by Crippen LogP contribution is 2.25. The number of halogens is 2. The van der Waals surface area contributed by atoms with Crippen molar-refractivity contribution in [1.29, 1.82) is 0 Å². The molecule has 0 radical (unpaired) electrons. The molecule has 2 aromatic rings. The van der Waals surface area contributed by atoms with E-state index in [9.17, 15) is 0 Å². The first-order chi connectivity index (χ1) is 9.88. The SMILES string of the molecule is Cc1cc(C)c(/C=N\C(C)c2ccc(I)cc2I)c(C)c1. The van der Waals surface area contributed by atoms with Crippen molar-refractivity contribution in [2.24, 2.45) is 4.99 Å². The fourth-order valence-corrected chi connectivity index (χ4v) is 4.55. The van der Waals surface area contributed by atoms with Gasteiger partial charge in [-0.2, -0.15) is 0 Å². The molecule has 0 spiro atoms. The van der Waals surface area contributed by atoms with Crippen molar-refractivity contribution in [3.8, 4) is 0 Å². The van der Waals surface area contributed by atoms with Crippen molar-refractivity contribution < 1.29 is 0 Å². The van der Waals surface area contributed by atoms with E-state index in [1.54, 1.807) is 0 Å². The molecule has 0 fully saturated rings. The summed E-state index contributed by atoms with van der Waals surface area (Å²) < 4.78 is 2.55. The minimum absolute atomic E-state index is 0.175. The van der Waals surface area contributed by atoms with E-state index in [1.807, 2.05) is 6.21 Å². The van der Waals surface area contributed by atoms with Gasteiger partial charge in [-0.25, -0.2) is 0 Å². The fraction of sp³-hybridized carbons (Fsp3) is 0.278. The molecule has 0 heterocycles. The molecular weight excluding hydrogens is 484 g/mol. The number of nitrogens with zero attached hydrogens (tertiary/aromatic N) is 1. The van der Waals surface area contributed by atoms with E-state index >= 15 is 0 Å². The van der Waals surface area contributed by atoms with Gasteiger partial charge in [0.15, 0.2) is 0 Å². The summed E-state index contributed by atoms with van der Waals surface area (Å²) in [6.45, 7) is 8.60. The Morgan fingerprint density at radius 1 is 1.00 bits per heavy atom. The lowest BCUT2D eigenvalue weighted by Crippen LogP contribution is -1.98. The van der Waals surface area contributed by atoms with Crippen LogP contribution in [0.5, 0.6) is 0 Å². The van der Waals surface area contributed by atoms with Crippen LogP contribution >= 0.6 is 45.2 Å². The summed E-state index contributed by atoms with van der Waals surface area (Å²) in [6, 6.07) is 11.1. The number of hydrogen-bond donors (Lipinski definition) is 0. The monoisotopic (exact) mass is 503 g/mol. The molecule has 1 nitrogen and oxygen atoms in total. The summed E-state index contributed by atoms with van der Waals surface area (Å²) in [5, 5.41) is 0. The highest BCUT2D eigenvalue weighted by atomic mass is 127. The van der Waals surface area contributed by atoms with Crippen molar-refractivity contribution in [1.82, 2.24) is 0 Å². The van der Waals surface area contributed by atoms with Crippen molar-refractivity contribution >= 4 is 51.4 Å². The average molecular weight is 503 g/mol. The fourth-order valence-electron chi connectivity index (χ4n) is 2.50. The Kier molecular flexibility index (Phi) is 5.82. The lowest BCUT2D eigenvalue weighted by molar-refractivity contribution is 0.819. The van der Waals surface area contributed by atoms with Crippen molar-refractivity contribution in [3.05, 3.63) is 65.3 Å². The molecule has 0 aliphatic heterocycles. The maximum atomic E-state index is 4.77. The van der Waals surface area contributed by atoms with Crippen LogP contribution in [0, 0.1) is 27.9 Å². The van der Waals surface area contributed by atoms with Gasteiger partial charge in [0.25, 0.3) is 0 Å². The second-order valence-electron chi connectivity index (χ2n) is 5.43. The molecule has 110 valence electrons. The van der Waals surface area contributed by atoms with Crippen LogP contribution in [0.25, 0.3) is 0 Å². The van der Waals surface area contributed by atoms with Crippen LogP contribution in [0.3, 0.4) is 0 Å². The van der Waals surface area contributed by atoms with Gasteiger partial charge in [-0.3, -0.25) is 4.99 Å². The molecule has 3 heteroatoms. The Hall–Kier alpha value is -0.430. The average Bonchev–Trinajstić information content (AvgIpc) is 2.36.